The van der Waals surface area contributed by atoms with E-state index in [0.717, 1.165) is 6.08 Å². The standard InChI is InChI=1S/C11H19NO10S2/c1-2-5(14)3-7(12-22-24(18,19)20)23-11-10(17)9(16)8(15)6(4-13)21-11/h2,5-6,8-11,13-17H,1,3-4H2,(H,18,19,20)/b12-7-/t5-,6-,8-,9+,10-,11+/m1/s1. The summed E-state index contributed by atoms with van der Waals surface area (Å²) in [6, 6.07) is 0. The fourth-order valence-corrected chi connectivity index (χ4v) is 3.10. The number of hydrogen-bond donors (Lipinski definition) is 6. The fraction of sp³-hybridized carbons (Fsp3) is 0.727. The molecule has 24 heavy (non-hydrogen) atoms. The van der Waals surface area contributed by atoms with Crippen LogP contribution in [-0.4, -0.2) is 86.1 Å². The quantitative estimate of drug-likeness (QED) is 0.0895. The Morgan fingerprint density at radius 1 is 1.33 bits per heavy atom. The topological polar surface area (TPSA) is 186 Å². The molecule has 1 saturated heterocycles. The molecule has 0 amide bonds. The molecule has 1 fully saturated rings. The number of aliphatic hydroxyl groups is 5. The maximum atomic E-state index is 10.6. The first-order valence-electron chi connectivity index (χ1n) is 6.59. The third kappa shape index (κ3) is 6.27. The minimum Gasteiger partial charge on any atom is -0.394 e. The van der Waals surface area contributed by atoms with Crippen LogP contribution in [0.3, 0.4) is 0 Å². The number of aliphatic hydroxyl groups excluding tert-OH is 5. The van der Waals surface area contributed by atoms with Gasteiger partial charge in [-0.3, -0.25) is 4.55 Å². The van der Waals surface area contributed by atoms with Crippen LogP contribution < -0.4 is 0 Å². The summed E-state index contributed by atoms with van der Waals surface area (Å²) >= 11 is 0.570. The highest BCUT2D eigenvalue weighted by atomic mass is 32.3. The average molecular weight is 389 g/mol. The molecule has 0 aromatic heterocycles. The van der Waals surface area contributed by atoms with Crippen molar-refractivity contribution in [3.05, 3.63) is 12.7 Å². The molecule has 13 heteroatoms. The zero-order chi connectivity index (χ0) is 18.5. The van der Waals surface area contributed by atoms with E-state index in [2.05, 4.69) is 16.0 Å². The molecule has 0 aromatic rings. The molecule has 1 heterocycles. The maximum Gasteiger partial charge on any atom is 0.466 e. The van der Waals surface area contributed by atoms with Crippen molar-refractivity contribution in [3.63, 3.8) is 0 Å². The van der Waals surface area contributed by atoms with Gasteiger partial charge in [-0.25, -0.2) is 4.28 Å². The number of thioether (sulfide) groups is 1. The van der Waals surface area contributed by atoms with E-state index in [1.54, 1.807) is 0 Å². The number of nitrogens with zero attached hydrogens (tertiary/aromatic N) is 1. The molecular formula is C11H19NO10S2. The van der Waals surface area contributed by atoms with E-state index in [1.165, 1.54) is 0 Å². The highest BCUT2D eigenvalue weighted by Crippen LogP contribution is 2.30. The van der Waals surface area contributed by atoms with E-state index in [9.17, 15) is 28.8 Å². The summed E-state index contributed by atoms with van der Waals surface area (Å²) in [5, 5.41) is 50.8. The van der Waals surface area contributed by atoms with E-state index >= 15 is 0 Å². The van der Waals surface area contributed by atoms with Crippen molar-refractivity contribution in [2.45, 2.75) is 42.4 Å². The van der Waals surface area contributed by atoms with Crippen molar-refractivity contribution in [1.29, 1.82) is 0 Å². The van der Waals surface area contributed by atoms with Crippen LogP contribution in [0.5, 0.6) is 0 Å². The van der Waals surface area contributed by atoms with Gasteiger partial charge in [-0.1, -0.05) is 23.0 Å². The average Bonchev–Trinajstić information content (AvgIpc) is 2.52. The Labute approximate surface area is 142 Å². The van der Waals surface area contributed by atoms with Gasteiger partial charge in [0, 0.05) is 6.42 Å². The van der Waals surface area contributed by atoms with Crippen LogP contribution in [0, 0.1) is 0 Å². The van der Waals surface area contributed by atoms with Gasteiger partial charge in [-0.15, -0.1) is 6.58 Å². The van der Waals surface area contributed by atoms with Gasteiger partial charge in [-0.2, -0.15) is 8.42 Å². The number of oxime groups is 1. The highest BCUT2D eigenvalue weighted by molar-refractivity contribution is 8.14. The Hall–Kier alpha value is -0.770. The SMILES string of the molecule is C=C[C@@H](O)C/C(=N/OS(=O)(=O)O)S[C@@H]1O[C@H](CO)[C@@H](O)[C@H](O)[C@H]1O. The summed E-state index contributed by atoms with van der Waals surface area (Å²) < 4.78 is 38.8. The van der Waals surface area contributed by atoms with Crippen molar-refractivity contribution < 1.29 is 47.5 Å². The lowest BCUT2D eigenvalue weighted by molar-refractivity contribution is -0.205. The normalized spacial score (nSPS) is 33.1. The maximum absolute atomic E-state index is 10.6. The molecule has 0 unspecified atom stereocenters. The zero-order valence-electron chi connectivity index (χ0n) is 12.2. The Balaban J connectivity index is 2.92. The van der Waals surface area contributed by atoms with E-state index in [0.29, 0.717) is 11.8 Å². The van der Waals surface area contributed by atoms with Crippen LogP contribution in [0.15, 0.2) is 17.8 Å². The van der Waals surface area contributed by atoms with Gasteiger partial charge in [0.2, 0.25) is 0 Å². The van der Waals surface area contributed by atoms with Crippen molar-refractivity contribution >= 4 is 27.2 Å². The lowest BCUT2D eigenvalue weighted by atomic mass is 10.0. The van der Waals surface area contributed by atoms with Crippen LogP contribution in [0.25, 0.3) is 0 Å². The van der Waals surface area contributed by atoms with Crippen molar-refractivity contribution in [2.24, 2.45) is 5.16 Å². The molecule has 0 bridgehead atoms. The monoisotopic (exact) mass is 389 g/mol. The third-order valence-corrected chi connectivity index (χ3v) is 4.39. The minimum atomic E-state index is -4.89. The number of rotatable bonds is 7. The van der Waals surface area contributed by atoms with Crippen molar-refractivity contribution in [3.8, 4) is 0 Å². The molecule has 140 valence electrons. The molecule has 0 radical (unpaired) electrons. The predicted octanol–water partition coefficient (Wildman–Crippen LogP) is -2.41. The molecule has 1 aliphatic rings. The van der Waals surface area contributed by atoms with Crippen molar-refractivity contribution in [2.75, 3.05) is 6.61 Å². The summed E-state index contributed by atoms with van der Waals surface area (Å²) in [5.41, 5.74) is -1.26. The van der Waals surface area contributed by atoms with Gasteiger partial charge in [0.15, 0.2) is 0 Å². The molecular weight excluding hydrogens is 370 g/mol. The summed E-state index contributed by atoms with van der Waals surface area (Å²) in [6.07, 6.45) is -6.29. The second-order valence-electron chi connectivity index (χ2n) is 4.81. The lowest BCUT2D eigenvalue weighted by Crippen LogP contribution is -2.57. The second-order valence-corrected chi connectivity index (χ2v) is 6.99. The van der Waals surface area contributed by atoms with Gasteiger partial charge >= 0.3 is 10.4 Å². The van der Waals surface area contributed by atoms with Gasteiger partial charge in [-0.05, 0) is 0 Å². The number of hydrogen-bond acceptors (Lipinski definition) is 11. The molecule has 0 aromatic carbocycles. The molecule has 0 saturated carbocycles. The molecule has 11 nitrogen and oxygen atoms in total. The Kier molecular flexibility index (Phi) is 8.04. The first-order chi connectivity index (χ1) is 11.1. The van der Waals surface area contributed by atoms with E-state index < -0.39 is 53.0 Å². The molecule has 6 N–H and O–H groups in total. The molecule has 6 atom stereocenters. The summed E-state index contributed by atoms with van der Waals surface area (Å²) in [6.45, 7) is 2.67. The Morgan fingerprint density at radius 2 is 1.96 bits per heavy atom. The van der Waals surface area contributed by atoms with Crippen LogP contribution >= 0.6 is 11.8 Å². The van der Waals surface area contributed by atoms with Crippen LogP contribution in [-0.2, 0) is 19.4 Å². The largest absolute Gasteiger partial charge is 0.466 e. The van der Waals surface area contributed by atoms with E-state index in [4.69, 9.17) is 14.4 Å². The smallest absolute Gasteiger partial charge is 0.394 e. The Bertz CT molecular complexity index is 551. The second kappa shape index (κ2) is 9.07. The highest BCUT2D eigenvalue weighted by Gasteiger charge is 2.44. The minimum absolute atomic E-state index is 0.218. The van der Waals surface area contributed by atoms with Crippen LogP contribution in [0.2, 0.25) is 0 Å². The molecule has 1 aliphatic heterocycles. The van der Waals surface area contributed by atoms with E-state index in [1.807, 2.05) is 0 Å². The summed E-state index contributed by atoms with van der Waals surface area (Å²) in [5.74, 6) is 0. The molecule has 0 aliphatic carbocycles. The molecule has 0 spiro atoms. The summed E-state index contributed by atoms with van der Waals surface area (Å²) in [4.78, 5) is 0. The first kappa shape index (κ1) is 21.3. The van der Waals surface area contributed by atoms with Gasteiger partial charge in [0.25, 0.3) is 0 Å². The predicted molar refractivity (Wildman–Crippen MR) is 82.2 cm³/mol. The van der Waals surface area contributed by atoms with Crippen LogP contribution in [0.1, 0.15) is 6.42 Å². The van der Waals surface area contributed by atoms with E-state index in [-0.39, 0.29) is 11.5 Å². The molecule has 1 rings (SSSR count). The Morgan fingerprint density at radius 3 is 2.46 bits per heavy atom. The van der Waals surface area contributed by atoms with Gasteiger partial charge < -0.3 is 30.3 Å². The zero-order valence-corrected chi connectivity index (χ0v) is 13.9. The van der Waals surface area contributed by atoms with Gasteiger partial charge in [0.1, 0.15) is 34.9 Å². The third-order valence-electron chi connectivity index (χ3n) is 2.99. The lowest BCUT2D eigenvalue weighted by Gasteiger charge is -2.39. The van der Waals surface area contributed by atoms with Crippen molar-refractivity contribution in [1.82, 2.24) is 0 Å². The fourth-order valence-electron chi connectivity index (χ4n) is 1.76. The summed E-state index contributed by atoms with van der Waals surface area (Å²) in [7, 11) is -4.89. The number of ether oxygens (including phenoxy) is 1. The van der Waals surface area contributed by atoms with Gasteiger partial charge in [0.05, 0.1) is 12.7 Å². The first-order valence-corrected chi connectivity index (χ1v) is 8.84. The van der Waals surface area contributed by atoms with Crippen LogP contribution in [0.4, 0.5) is 0 Å².